The summed E-state index contributed by atoms with van der Waals surface area (Å²) >= 11 is 6.75. The van der Waals surface area contributed by atoms with Crippen molar-refractivity contribution in [3.63, 3.8) is 0 Å². The van der Waals surface area contributed by atoms with E-state index in [1.54, 1.807) is 12.1 Å². The van der Waals surface area contributed by atoms with Crippen LogP contribution in [0.5, 0.6) is 11.6 Å². The zero-order valence-corrected chi connectivity index (χ0v) is 17.6. The first-order valence-corrected chi connectivity index (χ1v) is 9.75. The monoisotopic (exact) mass is 484 g/mol. The van der Waals surface area contributed by atoms with Crippen LogP contribution in [0.4, 0.5) is 13.2 Å². The predicted molar refractivity (Wildman–Crippen MR) is 112 cm³/mol. The highest BCUT2D eigenvalue weighted by atomic mass is 35.5. The Morgan fingerprint density at radius 1 is 1.28 bits per heavy atom. The van der Waals surface area contributed by atoms with Crippen molar-refractivity contribution in [3.8, 4) is 11.6 Å². The number of aromatic nitrogens is 1. The lowest BCUT2D eigenvalue weighted by Gasteiger charge is -2.10. The van der Waals surface area contributed by atoms with Crippen LogP contribution >= 0.6 is 23.4 Å². The standard InChI is InChI=1S/C19H12ClF3N4O4S/c1-30-15(28)7-14-16(29)26-18(32-14)27-25-8-10-2-4-12(5-3-10)31-17-13(20)6-11(9-24-17)19(21,22)23/h2-9H,1H3,(H,26,27,29)/b14-7+,25-8?. The fourth-order valence-corrected chi connectivity index (χ4v) is 3.12. The Bertz CT molecular complexity index is 1130. The Balaban J connectivity index is 1.62. The molecule has 0 atom stereocenters. The highest BCUT2D eigenvalue weighted by Crippen LogP contribution is 2.34. The maximum Gasteiger partial charge on any atom is 0.417 e. The highest BCUT2D eigenvalue weighted by Gasteiger charge is 2.31. The summed E-state index contributed by atoms with van der Waals surface area (Å²) in [4.78, 5) is 26.7. The maximum absolute atomic E-state index is 12.7. The number of pyridine rings is 1. The molecule has 1 aliphatic rings. The molecule has 166 valence electrons. The summed E-state index contributed by atoms with van der Waals surface area (Å²) in [5, 5.41) is 10.1. The van der Waals surface area contributed by atoms with Gasteiger partial charge in [-0.3, -0.25) is 10.1 Å². The third kappa shape index (κ3) is 6.08. The number of nitrogens with zero attached hydrogens (tertiary/aromatic N) is 3. The van der Waals surface area contributed by atoms with Gasteiger partial charge < -0.3 is 9.47 Å². The van der Waals surface area contributed by atoms with E-state index in [2.05, 4.69) is 25.2 Å². The minimum absolute atomic E-state index is 0.128. The van der Waals surface area contributed by atoms with E-state index >= 15 is 0 Å². The molecule has 0 radical (unpaired) electrons. The molecular formula is C19H12ClF3N4O4S. The van der Waals surface area contributed by atoms with E-state index in [0.717, 1.165) is 23.9 Å². The molecule has 0 spiro atoms. The van der Waals surface area contributed by atoms with E-state index in [1.165, 1.54) is 25.5 Å². The number of amidine groups is 1. The quantitative estimate of drug-likeness (QED) is 0.296. The van der Waals surface area contributed by atoms with Crippen molar-refractivity contribution in [3.05, 3.63) is 63.7 Å². The van der Waals surface area contributed by atoms with Crippen LogP contribution < -0.4 is 10.1 Å². The fourth-order valence-electron chi connectivity index (χ4n) is 2.18. The molecule has 0 saturated carbocycles. The number of ether oxygens (including phenoxy) is 2. The number of esters is 1. The number of methoxy groups -OCH3 is 1. The van der Waals surface area contributed by atoms with Gasteiger partial charge in [0.15, 0.2) is 5.17 Å². The van der Waals surface area contributed by atoms with Gasteiger partial charge in [-0.1, -0.05) is 11.6 Å². The van der Waals surface area contributed by atoms with Crippen LogP contribution in [0.15, 0.2) is 57.7 Å². The van der Waals surface area contributed by atoms with Crippen molar-refractivity contribution >= 4 is 46.6 Å². The van der Waals surface area contributed by atoms with Gasteiger partial charge in [-0.2, -0.15) is 18.3 Å². The summed E-state index contributed by atoms with van der Waals surface area (Å²) in [7, 11) is 1.20. The molecule has 2 heterocycles. The van der Waals surface area contributed by atoms with Gasteiger partial charge in [0.1, 0.15) is 10.8 Å². The van der Waals surface area contributed by atoms with Gasteiger partial charge in [0, 0.05) is 12.3 Å². The zero-order chi connectivity index (χ0) is 23.3. The number of carbonyl (C=O) groups is 2. The minimum Gasteiger partial charge on any atom is -0.466 e. The number of amides is 1. The van der Waals surface area contributed by atoms with Gasteiger partial charge in [-0.25, -0.2) is 9.78 Å². The van der Waals surface area contributed by atoms with E-state index in [1.807, 2.05) is 0 Å². The second-order valence-corrected chi connectivity index (χ2v) is 7.36. The third-order valence-electron chi connectivity index (χ3n) is 3.69. The van der Waals surface area contributed by atoms with Crippen molar-refractivity contribution in [2.75, 3.05) is 7.11 Å². The number of hydrogen-bond acceptors (Lipinski definition) is 8. The van der Waals surface area contributed by atoms with Crippen molar-refractivity contribution in [1.82, 2.24) is 10.3 Å². The fraction of sp³-hybridized carbons (Fsp3) is 0.105. The first-order chi connectivity index (χ1) is 15.2. The van der Waals surface area contributed by atoms with Crippen LogP contribution in [-0.2, 0) is 20.5 Å². The number of halogens is 4. The largest absolute Gasteiger partial charge is 0.466 e. The smallest absolute Gasteiger partial charge is 0.417 e. The van der Waals surface area contributed by atoms with Gasteiger partial charge in [0.2, 0.25) is 5.88 Å². The van der Waals surface area contributed by atoms with Crippen LogP contribution in [0, 0.1) is 0 Å². The highest BCUT2D eigenvalue weighted by molar-refractivity contribution is 8.18. The van der Waals surface area contributed by atoms with E-state index in [-0.39, 0.29) is 21.0 Å². The van der Waals surface area contributed by atoms with E-state index < -0.39 is 23.6 Å². The van der Waals surface area contributed by atoms with Crippen LogP contribution in [0.1, 0.15) is 11.1 Å². The topological polar surface area (TPSA) is 102 Å². The van der Waals surface area contributed by atoms with Crippen LogP contribution in [-0.4, -0.2) is 35.4 Å². The zero-order valence-electron chi connectivity index (χ0n) is 16.0. The van der Waals surface area contributed by atoms with Gasteiger partial charge in [-0.15, -0.1) is 5.10 Å². The first kappa shape index (κ1) is 23.3. The summed E-state index contributed by atoms with van der Waals surface area (Å²) in [5.74, 6) is -1.04. The maximum atomic E-state index is 12.7. The van der Waals surface area contributed by atoms with Gasteiger partial charge >= 0.3 is 12.1 Å². The molecule has 1 saturated heterocycles. The lowest BCUT2D eigenvalue weighted by atomic mass is 10.2. The molecule has 8 nitrogen and oxygen atoms in total. The third-order valence-corrected chi connectivity index (χ3v) is 4.86. The molecule has 3 rings (SSSR count). The molecule has 32 heavy (non-hydrogen) atoms. The molecule has 1 aromatic heterocycles. The number of nitrogens with one attached hydrogen (secondary N) is 1. The lowest BCUT2D eigenvalue weighted by Crippen LogP contribution is -2.19. The van der Waals surface area contributed by atoms with Gasteiger partial charge in [0.05, 0.1) is 23.8 Å². The Labute approximate surface area is 188 Å². The number of hydrogen-bond donors (Lipinski definition) is 1. The summed E-state index contributed by atoms with van der Waals surface area (Å²) in [5.41, 5.74) is -0.361. The Hall–Kier alpha value is -3.38. The number of carbonyl (C=O) groups excluding carboxylic acids is 2. The molecule has 2 aromatic rings. The number of rotatable bonds is 5. The van der Waals surface area contributed by atoms with Crippen molar-refractivity contribution in [2.24, 2.45) is 10.2 Å². The molecule has 1 amide bonds. The van der Waals surface area contributed by atoms with Gasteiger partial charge in [0.25, 0.3) is 5.91 Å². The summed E-state index contributed by atoms with van der Waals surface area (Å²) in [6.07, 6.45) is -1.48. The lowest BCUT2D eigenvalue weighted by molar-refractivity contribution is -0.138. The molecular weight excluding hydrogens is 473 g/mol. The molecule has 1 fully saturated rings. The van der Waals surface area contributed by atoms with Crippen molar-refractivity contribution in [2.45, 2.75) is 6.18 Å². The number of thioether (sulfide) groups is 1. The molecule has 1 N–H and O–H groups in total. The van der Waals surface area contributed by atoms with Crippen LogP contribution in [0.2, 0.25) is 5.02 Å². The molecule has 1 aliphatic heterocycles. The second kappa shape index (κ2) is 9.83. The van der Waals surface area contributed by atoms with Crippen molar-refractivity contribution in [1.29, 1.82) is 0 Å². The second-order valence-electron chi connectivity index (χ2n) is 5.92. The average Bonchev–Trinajstić information content (AvgIpc) is 3.08. The molecule has 0 bridgehead atoms. The molecule has 0 unspecified atom stereocenters. The summed E-state index contributed by atoms with van der Waals surface area (Å²) in [6.45, 7) is 0. The minimum atomic E-state index is -4.56. The Morgan fingerprint density at radius 3 is 2.62 bits per heavy atom. The van der Waals surface area contributed by atoms with E-state index in [0.29, 0.717) is 17.5 Å². The van der Waals surface area contributed by atoms with Gasteiger partial charge in [-0.05, 0) is 47.7 Å². The molecule has 13 heteroatoms. The Morgan fingerprint density at radius 2 is 2.00 bits per heavy atom. The Kier molecular flexibility index (Phi) is 7.15. The molecule has 1 aromatic carbocycles. The van der Waals surface area contributed by atoms with Crippen LogP contribution in [0.25, 0.3) is 0 Å². The normalized spacial score (nSPS) is 16.6. The molecule has 0 aliphatic carbocycles. The van der Waals surface area contributed by atoms with Crippen LogP contribution in [0.3, 0.4) is 0 Å². The predicted octanol–water partition coefficient (Wildman–Crippen LogP) is 4.16. The number of benzene rings is 1. The van der Waals surface area contributed by atoms with E-state index in [4.69, 9.17) is 16.3 Å². The van der Waals surface area contributed by atoms with E-state index in [9.17, 15) is 22.8 Å². The van der Waals surface area contributed by atoms with Crippen molar-refractivity contribution < 1.29 is 32.2 Å². The number of alkyl halides is 3. The SMILES string of the molecule is COC(=O)/C=C1/S/C(=N\N=Cc2ccc(Oc3ncc(C(F)(F)F)cc3Cl)cc2)NC1=O. The summed E-state index contributed by atoms with van der Waals surface area (Å²) < 4.78 is 47.9. The first-order valence-electron chi connectivity index (χ1n) is 8.56. The average molecular weight is 485 g/mol. The summed E-state index contributed by atoms with van der Waals surface area (Å²) in [6, 6.07) is 7.02.